The molecule has 2 aromatic carbocycles. The van der Waals surface area contributed by atoms with Crippen LogP contribution >= 0.6 is 0 Å². The number of anilines is 1. The highest BCUT2D eigenvalue weighted by molar-refractivity contribution is 5.94. The van der Waals surface area contributed by atoms with Crippen molar-refractivity contribution < 1.29 is 9.53 Å². The molecule has 0 saturated heterocycles. The van der Waals surface area contributed by atoms with E-state index in [0.717, 1.165) is 22.6 Å². The van der Waals surface area contributed by atoms with Crippen LogP contribution in [-0.2, 0) is 0 Å². The first-order chi connectivity index (χ1) is 13.6. The summed E-state index contributed by atoms with van der Waals surface area (Å²) in [5.74, 6) is 0.403. The summed E-state index contributed by atoms with van der Waals surface area (Å²) >= 11 is 0. The van der Waals surface area contributed by atoms with Crippen LogP contribution in [0.25, 0.3) is 11.3 Å². The summed E-state index contributed by atoms with van der Waals surface area (Å²) < 4.78 is 5.50. The maximum absolute atomic E-state index is 12.3. The smallest absolute Gasteiger partial charge is 0.289 e. The lowest BCUT2D eigenvalue weighted by Crippen LogP contribution is -2.18. The van der Waals surface area contributed by atoms with Crippen molar-refractivity contribution in [2.24, 2.45) is 5.10 Å². The molecule has 0 spiro atoms. The lowest BCUT2D eigenvalue weighted by molar-refractivity contribution is 0.0950. The summed E-state index contributed by atoms with van der Waals surface area (Å²) in [6, 6.07) is 17.1. The van der Waals surface area contributed by atoms with E-state index < -0.39 is 0 Å². The first kappa shape index (κ1) is 19.2. The average Bonchev–Trinajstić information content (AvgIpc) is 3.19. The van der Waals surface area contributed by atoms with E-state index in [9.17, 15) is 4.79 Å². The molecule has 0 aliphatic rings. The Morgan fingerprint density at radius 1 is 1.21 bits per heavy atom. The molecule has 2 N–H and O–H groups in total. The molecule has 0 fully saturated rings. The molecule has 0 saturated carbocycles. The fourth-order valence-electron chi connectivity index (χ4n) is 2.58. The summed E-state index contributed by atoms with van der Waals surface area (Å²) in [7, 11) is 3.96. The maximum atomic E-state index is 12.3. The van der Waals surface area contributed by atoms with Crippen molar-refractivity contribution in [3.8, 4) is 17.0 Å². The van der Waals surface area contributed by atoms with Gasteiger partial charge >= 0.3 is 0 Å². The van der Waals surface area contributed by atoms with Gasteiger partial charge in [-0.3, -0.25) is 9.89 Å². The minimum absolute atomic E-state index is 0.330. The number of amides is 1. The van der Waals surface area contributed by atoms with Gasteiger partial charge in [0, 0.05) is 25.3 Å². The molecule has 3 rings (SSSR count). The average molecular weight is 377 g/mol. The van der Waals surface area contributed by atoms with Crippen LogP contribution in [0.4, 0.5) is 5.69 Å². The number of carbonyl (C=O) groups excluding carboxylic acids is 1. The van der Waals surface area contributed by atoms with E-state index in [1.807, 2.05) is 74.4 Å². The van der Waals surface area contributed by atoms with E-state index in [4.69, 9.17) is 4.74 Å². The molecule has 0 aliphatic carbocycles. The molecule has 1 aromatic heterocycles. The third-order valence-electron chi connectivity index (χ3n) is 4.05. The Balaban J connectivity index is 1.63. The van der Waals surface area contributed by atoms with Gasteiger partial charge in [-0.15, -0.1) is 0 Å². The first-order valence-corrected chi connectivity index (χ1v) is 8.96. The Bertz CT molecular complexity index is 961. The number of hydrogen-bond donors (Lipinski definition) is 2. The lowest BCUT2D eigenvalue weighted by atomic mass is 10.1. The number of rotatable bonds is 7. The zero-order valence-electron chi connectivity index (χ0n) is 16.1. The third kappa shape index (κ3) is 4.76. The molecule has 3 aromatic rings. The molecule has 0 atom stereocenters. The van der Waals surface area contributed by atoms with Gasteiger partial charge in [0.15, 0.2) is 0 Å². The normalized spacial score (nSPS) is 10.8. The Hall–Kier alpha value is -3.61. The molecular weight excluding hydrogens is 354 g/mol. The summed E-state index contributed by atoms with van der Waals surface area (Å²) in [6.45, 7) is 2.52. The monoisotopic (exact) mass is 377 g/mol. The molecule has 0 aliphatic heterocycles. The first-order valence-electron chi connectivity index (χ1n) is 8.96. The van der Waals surface area contributed by atoms with Crippen LogP contribution in [0.3, 0.4) is 0 Å². The molecular formula is C21H23N5O2. The second kappa shape index (κ2) is 8.85. The molecule has 0 bridgehead atoms. The van der Waals surface area contributed by atoms with Gasteiger partial charge in [0.2, 0.25) is 0 Å². The van der Waals surface area contributed by atoms with Crippen molar-refractivity contribution >= 4 is 17.8 Å². The Labute approximate surface area is 164 Å². The lowest BCUT2D eigenvalue weighted by Gasteiger charge is -2.11. The third-order valence-corrected chi connectivity index (χ3v) is 4.05. The number of hydrogen-bond acceptors (Lipinski definition) is 5. The number of H-pyrrole nitrogens is 1. The Morgan fingerprint density at radius 2 is 2.00 bits per heavy atom. The van der Waals surface area contributed by atoms with E-state index in [1.165, 1.54) is 0 Å². The molecule has 1 heterocycles. The van der Waals surface area contributed by atoms with Crippen molar-refractivity contribution in [1.29, 1.82) is 0 Å². The van der Waals surface area contributed by atoms with E-state index in [1.54, 1.807) is 12.3 Å². The van der Waals surface area contributed by atoms with Gasteiger partial charge in [-0.1, -0.05) is 24.3 Å². The quantitative estimate of drug-likeness (QED) is 0.489. The number of aromatic amines is 1. The van der Waals surface area contributed by atoms with Gasteiger partial charge < -0.3 is 9.64 Å². The maximum Gasteiger partial charge on any atom is 0.289 e. The van der Waals surface area contributed by atoms with Crippen molar-refractivity contribution in [3.63, 3.8) is 0 Å². The molecule has 144 valence electrons. The van der Waals surface area contributed by atoms with E-state index in [2.05, 4.69) is 20.7 Å². The van der Waals surface area contributed by atoms with Crippen molar-refractivity contribution in [2.75, 3.05) is 25.6 Å². The SMILES string of the molecule is CCOc1cccc(-c2cc(C(=O)NN=Cc3ccc(N(C)C)cc3)[nH]n2)c1. The fraction of sp³-hybridized carbons (Fsp3) is 0.190. The summed E-state index contributed by atoms with van der Waals surface area (Å²) in [5.41, 5.74) is 6.35. The van der Waals surface area contributed by atoms with Crippen LogP contribution in [0.5, 0.6) is 5.75 Å². The summed E-state index contributed by atoms with van der Waals surface area (Å²) in [6.07, 6.45) is 1.60. The molecule has 7 heteroatoms. The molecule has 0 radical (unpaired) electrons. The minimum Gasteiger partial charge on any atom is -0.494 e. The van der Waals surface area contributed by atoms with Gasteiger partial charge in [-0.25, -0.2) is 5.43 Å². The number of nitrogens with zero attached hydrogens (tertiary/aromatic N) is 3. The van der Waals surface area contributed by atoms with Crippen LogP contribution in [0, 0.1) is 0 Å². The van der Waals surface area contributed by atoms with E-state index in [-0.39, 0.29) is 5.91 Å². The predicted octanol–water partition coefficient (Wildman–Crippen LogP) is 3.31. The van der Waals surface area contributed by atoms with Gasteiger partial charge in [0.1, 0.15) is 11.4 Å². The standard InChI is InChI=1S/C21H23N5O2/c1-4-28-18-7-5-6-16(12-18)19-13-20(24-23-19)21(27)25-22-14-15-8-10-17(11-9-15)26(2)3/h5-14H,4H2,1-3H3,(H,23,24)(H,25,27). The second-order valence-electron chi connectivity index (χ2n) is 6.31. The largest absolute Gasteiger partial charge is 0.494 e. The van der Waals surface area contributed by atoms with E-state index in [0.29, 0.717) is 18.0 Å². The minimum atomic E-state index is -0.360. The molecule has 1 amide bonds. The zero-order chi connectivity index (χ0) is 19.9. The van der Waals surface area contributed by atoms with Crippen molar-refractivity contribution in [1.82, 2.24) is 15.6 Å². The Morgan fingerprint density at radius 3 is 2.71 bits per heavy atom. The van der Waals surface area contributed by atoms with Crippen LogP contribution in [0.2, 0.25) is 0 Å². The highest BCUT2D eigenvalue weighted by Gasteiger charge is 2.11. The number of benzene rings is 2. The highest BCUT2D eigenvalue weighted by Crippen LogP contribution is 2.22. The van der Waals surface area contributed by atoms with Gasteiger partial charge in [-0.05, 0) is 42.8 Å². The number of carbonyl (C=O) groups is 1. The fourth-order valence-corrected chi connectivity index (χ4v) is 2.58. The number of ether oxygens (including phenoxy) is 1. The summed E-state index contributed by atoms with van der Waals surface area (Å²) in [4.78, 5) is 14.3. The predicted molar refractivity (Wildman–Crippen MR) is 111 cm³/mol. The van der Waals surface area contributed by atoms with Crippen LogP contribution in [0.15, 0.2) is 59.7 Å². The van der Waals surface area contributed by atoms with Crippen LogP contribution in [-0.4, -0.2) is 43.0 Å². The van der Waals surface area contributed by atoms with Gasteiger partial charge in [0.05, 0.1) is 18.5 Å². The molecule has 28 heavy (non-hydrogen) atoms. The van der Waals surface area contributed by atoms with Crippen LogP contribution in [0.1, 0.15) is 23.0 Å². The number of nitrogens with one attached hydrogen (secondary N) is 2. The van der Waals surface area contributed by atoms with E-state index >= 15 is 0 Å². The Kier molecular flexibility index (Phi) is 6.06. The van der Waals surface area contributed by atoms with Crippen LogP contribution < -0.4 is 15.1 Å². The zero-order valence-corrected chi connectivity index (χ0v) is 16.1. The van der Waals surface area contributed by atoms with Gasteiger partial charge in [0.25, 0.3) is 5.91 Å². The highest BCUT2D eigenvalue weighted by atomic mass is 16.5. The van der Waals surface area contributed by atoms with Gasteiger partial charge in [-0.2, -0.15) is 10.2 Å². The second-order valence-corrected chi connectivity index (χ2v) is 6.31. The number of hydrazone groups is 1. The summed E-state index contributed by atoms with van der Waals surface area (Å²) in [5, 5.41) is 11.0. The topological polar surface area (TPSA) is 82.6 Å². The number of aromatic nitrogens is 2. The van der Waals surface area contributed by atoms with Crippen molar-refractivity contribution in [2.45, 2.75) is 6.92 Å². The molecule has 7 nitrogen and oxygen atoms in total. The molecule has 0 unspecified atom stereocenters. The van der Waals surface area contributed by atoms with Crippen molar-refractivity contribution in [3.05, 3.63) is 65.9 Å².